The Morgan fingerprint density at radius 2 is 2.00 bits per heavy atom. The van der Waals surface area contributed by atoms with E-state index in [0.717, 1.165) is 17.7 Å². The average Bonchev–Trinajstić information content (AvgIpc) is 3.21. The number of likely N-dealkylation sites (tertiary alicyclic amines) is 1. The van der Waals surface area contributed by atoms with Gasteiger partial charge in [0.15, 0.2) is 12.2 Å². The second-order valence-corrected chi connectivity index (χ2v) is 9.75. The Hall–Kier alpha value is -2.71. The van der Waals surface area contributed by atoms with Crippen LogP contribution in [0.5, 0.6) is 5.75 Å². The van der Waals surface area contributed by atoms with Crippen LogP contribution < -0.4 is 4.74 Å². The number of aryl methyl sites for hydroxylation is 1. The number of ether oxygens (including phenoxy) is 2. The number of hydrogen-bond acceptors (Lipinski definition) is 7. The Kier molecular flexibility index (Phi) is 5.56. The highest BCUT2D eigenvalue weighted by atomic mass is 16.6. The van der Waals surface area contributed by atoms with Gasteiger partial charge < -0.3 is 29.7 Å². The number of rotatable bonds is 4. The average molecular weight is 466 g/mol. The van der Waals surface area contributed by atoms with Crippen LogP contribution in [0.2, 0.25) is 0 Å². The van der Waals surface area contributed by atoms with E-state index in [1.54, 1.807) is 30.3 Å². The molecule has 7 nitrogen and oxygen atoms in total. The number of aliphatic hydroxyl groups is 3. The molecule has 2 aliphatic heterocycles. The zero-order valence-corrected chi connectivity index (χ0v) is 19.7. The van der Waals surface area contributed by atoms with Crippen LogP contribution in [0.3, 0.4) is 0 Å². The molecule has 2 heterocycles. The largest absolute Gasteiger partial charge is 0.481 e. The highest BCUT2D eigenvalue weighted by molar-refractivity contribution is 5.77. The van der Waals surface area contributed by atoms with Crippen molar-refractivity contribution < 1.29 is 29.6 Å². The molecule has 1 aliphatic carbocycles. The van der Waals surface area contributed by atoms with Gasteiger partial charge in [0.25, 0.3) is 0 Å². The van der Waals surface area contributed by atoms with Crippen molar-refractivity contribution >= 4 is 5.97 Å². The molecular weight excluding hydrogens is 434 g/mol. The zero-order valence-electron chi connectivity index (χ0n) is 19.7. The lowest BCUT2D eigenvalue weighted by molar-refractivity contribution is -0.166. The van der Waals surface area contributed by atoms with Crippen LogP contribution in [0.15, 0.2) is 54.3 Å². The SMILES string of the molecule is Cc1ccc(CO)c2c1[C@]13CCN(C)[C@H](C)[C@]1(O)CC=C(OC(=O)[C@H](O)c1ccccc1)[C@@H]3O2. The predicted molar refractivity (Wildman–Crippen MR) is 125 cm³/mol. The quantitative estimate of drug-likeness (QED) is 0.597. The van der Waals surface area contributed by atoms with Crippen LogP contribution in [0.1, 0.15) is 48.1 Å². The fraction of sp³-hybridized carbons (Fsp3) is 0.444. The summed E-state index contributed by atoms with van der Waals surface area (Å²) >= 11 is 0. The number of nitrogens with zero attached hydrogens (tertiary/aromatic N) is 1. The number of aliphatic hydroxyl groups excluding tert-OH is 2. The molecule has 2 aromatic carbocycles. The Morgan fingerprint density at radius 3 is 2.71 bits per heavy atom. The minimum atomic E-state index is -1.44. The Morgan fingerprint density at radius 1 is 1.26 bits per heavy atom. The summed E-state index contributed by atoms with van der Waals surface area (Å²) in [6, 6.07) is 12.2. The van der Waals surface area contributed by atoms with Crippen molar-refractivity contribution in [2.75, 3.05) is 13.6 Å². The third kappa shape index (κ3) is 3.08. The summed E-state index contributed by atoms with van der Waals surface area (Å²) in [7, 11) is 1.99. The van der Waals surface area contributed by atoms with E-state index in [0.29, 0.717) is 29.1 Å². The number of carbonyl (C=O) groups is 1. The fourth-order valence-corrected chi connectivity index (χ4v) is 6.14. The molecular formula is C27H31NO6. The van der Waals surface area contributed by atoms with Gasteiger partial charge in [-0.25, -0.2) is 4.79 Å². The maximum atomic E-state index is 12.9. The molecule has 3 N–H and O–H groups in total. The van der Waals surface area contributed by atoms with E-state index in [9.17, 15) is 20.1 Å². The summed E-state index contributed by atoms with van der Waals surface area (Å²) in [4.78, 5) is 15.1. The van der Waals surface area contributed by atoms with Gasteiger partial charge in [-0.2, -0.15) is 0 Å². The smallest absolute Gasteiger partial charge is 0.344 e. The summed E-state index contributed by atoms with van der Waals surface area (Å²) in [6.45, 7) is 4.50. The lowest BCUT2D eigenvalue weighted by Crippen LogP contribution is -2.71. The molecule has 0 amide bonds. The van der Waals surface area contributed by atoms with Crippen LogP contribution in [-0.4, -0.2) is 57.5 Å². The standard InChI is InChI=1S/C27H31NO6/c1-16-9-10-19(15-29)23-21(16)26-13-14-28(3)17(2)27(26,32)12-11-20(24(26)34-23)33-25(31)22(30)18-7-5-4-6-8-18/h4-11,17,22,24,29-30,32H,12-15H2,1-3H3/t17-,22-,24+,26+,27-/m1/s1. The molecule has 0 radical (unpaired) electrons. The van der Waals surface area contributed by atoms with E-state index in [4.69, 9.17) is 9.47 Å². The normalized spacial score (nSPS) is 30.9. The number of hydrogen-bond donors (Lipinski definition) is 3. The van der Waals surface area contributed by atoms with Gasteiger partial charge in [0.2, 0.25) is 0 Å². The van der Waals surface area contributed by atoms with Crippen molar-refractivity contribution in [1.29, 1.82) is 0 Å². The van der Waals surface area contributed by atoms with Crippen molar-refractivity contribution in [1.82, 2.24) is 4.90 Å². The number of carbonyl (C=O) groups excluding carboxylic acids is 1. The lowest BCUT2D eigenvalue weighted by Gasteiger charge is -2.58. The molecule has 5 atom stereocenters. The Labute approximate surface area is 199 Å². The molecule has 0 bridgehead atoms. The van der Waals surface area contributed by atoms with Crippen molar-refractivity contribution in [2.24, 2.45) is 0 Å². The van der Waals surface area contributed by atoms with Crippen molar-refractivity contribution in [3.63, 3.8) is 0 Å². The first-order valence-corrected chi connectivity index (χ1v) is 11.7. The maximum Gasteiger partial charge on any atom is 0.344 e. The van der Waals surface area contributed by atoms with Crippen molar-refractivity contribution in [3.8, 4) is 5.75 Å². The summed E-state index contributed by atoms with van der Waals surface area (Å²) < 4.78 is 12.2. The van der Waals surface area contributed by atoms with Gasteiger partial charge in [-0.3, -0.25) is 0 Å². The van der Waals surface area contributed by atoms with Crippen LogP contribution in [0.25, 0.3) is 0 Å². The monoisotopic (exact) mass is 465 g/mol. The number of fused-ring (bicyclic) bond motifs is 1. The molecule has 3 aliphatic rings. The van der Waals surface area contributed by atoms with Crippen LogP contribution in [0, 0.1) is 6.92 Å². The molecule has 180 valence electrons. The minimum Gasteiger partial charge on any atom is -0.481 e. The van der Waals surface area contributed by atoms with Gasteiger partial charge in [-0.05, 0) is 51.1 Å². The van der Waals surface area contributed by atoms with Crippen molar-refractivity contribution in [3.05, 3.63) is 76.6 Å². The first kappa shape index (κ1) is 23.1. The molecule has 0 aromatic heterocycles. The molecule has 2 aromatic rings. The van der Waals surface area contributed by atoms with E-state index < -0.39 is 29.2 Å². The topological polar surface area (TPSA) is 99.5 Å². The van der Waals surface area contributed by atoms with E-state index >= 15 is 0 Å². The number of piperidine rings is 1. The fourth-order valence-electron chi connectivity index (χ4n) is 6.14. The summed E-state index contributed by atoms with van der Waals surface area (Å²) in [5, 5.41) is 32.8. The first-order chi connectivity index (χ1) is 16.2. The summed E-state index contributed by atoms with van der Waals surface area (Å²) in [5.74, 6) is 0.0497. The van der Waals surface area contributed by atoms with E-state index in [2.05, 4.69) is 4.90 Å². The summed E-state index contributed by atoms with van der Waals surface area (Å²) in [6.07, 6.45) is 0.386. The minimum absolute atomic E-state index is 0.182. The number of esters is 1. The highest BCUT2D eigenvalue weighted by Crippen LogP contribution is 2.61. The molecule has 1 spiro atoms. The van der Waals surface area contributed by atoms with Gasteiger partial charge in [-0.1, -0.05) is 42.5 Å². The molecule has 34 heavy (non-hydrogen) atoms. The summed E-state index contributed by atoms with van der Waals surface area (Å²) in [5.41, 5.74) is 0.873. The van der Waals surface area contributed by atoms with E-state index in [1.165, 1.54) is 0 Å². The van der Waals surface area contributed by atoms with Gasteiger partial charge in [0, 0.05) is 23.6 Å². The van der Waals surface area contributed by atoms with Gasteiger partial charge in [-0.15, -0.1) is 0 Å². The molecule has 7 heteroatoms. The highest BCUT2D eigenvalue weighted by Gasteiger charge is 2.69. The Bertz CT molecular complexity index is 1150. The van der Waals surface area contributed by atoms with Crippen molar-refractivity contribution in [2.45, 2.75) is 62.6 Å². The zero-order chi connectivity index (χ0) is 24.3. The maximum absolute atomic E-state index is 12.9. The van der Waals surface area contributed by atoms with E-state index in [1.807, 2.05) is 39.1 Å². The molecule has 5 rings (SSSR count). The van der Waals surface area contributed by atoms with Crippen LogP contribution in [-0.2, 0) is 21.6 Å². The third-order valence-electron chi connectivity index (χ3n) is 8.16. The van der Waals surface area contributed by atoms with Gasteiger partial charge >= 0.3 is 5.97 Å². The van der Waals surface area contributed by atoms with Crippen LogP contribution in [0.4, 0.5) is 0 Å². The second kappa shape index (κ2) is 8.20. The molecule has 1 fully saturated rings. The molecule has 1 saturated heterocycles. The lowest BCUT2D eigenvalue weighted by atomic mass is 9.54. The van der Waals surface area contributed by atoms with E-state index in [-0.39, 0.29) is 19.1 Å². The first-order valence-electron chi connectivity index (χ1n) is 11.7. The van der Waals surface area contributed by atoms with Crippen LogP contribution >= 0.6 is 0 Å². The molecule has 0 unspecified atom stereocenters. The molecule has 0 saturated carbocycles. The third-order valence-corrected chi connectivity index (χ3v) is 8.16. The van der Waals surface area contributed by atoms with Gasteiger partial charge in [0.05, 0.1) is 17.6 Å². The Balaban J connectivity index is 1.60. The van der Waals surface area contributed by atoms with Gasteiger partial charge in [0.1, 0.15) is 11.5 Å². The second-order valence-electron chi connectivity index (χ2n) is 9.75. The number of benzene rings is 2. The number of likely N-dealkylation sites (N-methyl/N-ethyl adjacent to an activating group) is 1. The predicted octanol–water partition coefficient (Wildman–Crippen LogP) is 2.51.